The first-order chi connectivity index (χ1) is 9.65. The van der Waals surface area contributed by atoms with Gasteiger partial charge in [0.2, 0.25) is 5.91 Å². The quantitative estimate of drug-likeness (QED) is 0.872. The maximum Gasteiger partial charge on any atom is 0.228 e. The normalized spacial score (nSPS) is 20.5. The van der Waals surface area contributed by atoms with Crippen molar-refractivity contribution in [2.45, 2.75) is 12.3 Å². The van der Waals surface area contributed by atoms with Crippen molar-refractivity contribution in [2.75, 3.05) is 5.32 Å². The average molecular weight is 306 g/mol. The van der Waals surface area contributed by atoms with Gasteiger partial charge in [0.1, 0.15) is 0 Å². The maximum absolute atomic E-state index is 12.2. The first-order valence-electron chi connectivity index (χ1n) is 6.46. The van der Waals surface area contributed by atoms with Crippen molar-refractivity contribution in [3.63, 3.8) is 0 Å². The van der Waals surface area contributed by atoms with Crippen LogP contribution in [-0.2, 0) is 4.79 Å². The monoisotopic (exact) mass is 305 g/mol. The Bertz CT molecular complexity index is 642. The molecule has 2 aromatic carbocycles. The molecule has 3 rings (SSSR count). The van der Waals surface area contributed by atoms with Gasteiger partial charge in [-0.15, -0.1) is 0 Å². The van der Waals surface area contributed by atoms with E-state index in [1.165, 1.54) is 5.56 Å². The molecular formula is C16H13Cl2NO. The van der Waals surface area contributed by atoms with E-state index in [0.717, 1.165) is 6.42 Å². The summed E-state index contributed by atoms with van der Waals surface area (Å²) in [5.74, 6) is 0.370. The number of halogens is 2. The number of carbonyl (C=O) groups is 1. The molecule has 1 fully saturated rings. The van der Waals surface area contributed by atoms with Gasteiger partial charge in [0, 0.05) is 10.9 Å². The Balaban J connectivity index is 1.67. The lowest BCUT2D eigenvalue weighted by Gasteiger charge is -2.07. The van der Waals surface area contributed by atoms with E-state index in [-0.39, 0.29) is 11.8 Å². The number of anilines is 1. The summed E-state index contributed by atoms with van der Waals surface area (Å²) in [7, 11) is 0. The zero-order chi connectivity index (χ0) is 14.1. The van der Waals surface area contributed by atoms with E-state index in [0.29, 0.717) is 21.7 Å². The van der Waals surface area contributed by atoms with Crippen LogP contribution < -0.4 is 5.32 Å². The summed E-state index contributed by atoms with van der Waals surface area (Å²) in [5, 5.41) is 3.89. The van der Waals surface area contributed by atoms with E-state index in [1.807, 2.05) is 18.2 Å². The number of nitrogens with one attached hydrogen (secondary N) is 1. The average Bonchev–Trinajstić information content (AvgIpc) is 3.23. The van der Waals surface area contributed by atoms with E-state index in [1.54, 1.807) is 18.2 Å². The number of benzene rings is 2. The SMILES string of the molecule is O=C(Nc1ccc(Cl)cc1Cl)[C@@H]1C[C@H]1c1ccccc1. The van der Waals surface area contributed by atoms with Gasteiger partial charge in [0.05, 0.1) is 10.7 Å². The molecule has 2 atom stereocenters. The second-order valence-electron chi connectivity index (χ2n) is 4.97. The van der Waals surface area contributed by atoms with Crippen LogP contribution in [0.5, 0.6) is 0 Å². The van der Waals surface area contributed by atoms with Gasteiger partial charge in [0.15, 0.2) is 0 Å². The fourth-order valence-electron chi connectivity index (χ4n) is 2.37. The summed E-state index contributed by atoms with van der Waals surface area (Å²) >= 11 is 11.9. The molecule has 20 heavy (non-hydrogen) atoms. The van der Waals surface area contributed by atoms with Crippen LogP contribution in [0, 0.1) is 5.92 Å². The standard InChI is InChI=1S/C16H13Cl2NO/c17-11-6-7-15(14(18)8-11)19-16(20)13-9-12(13)10-4-2-1-3-5-10/h1-8,12-13H,9H2,(H,19,20)/t12-,13+/m0/s1. The Morgan fingerprint density at radius 2 is 1.85 bits per heavy atom. The number of hydrogen-bond acceptors (Lipinski definition) is 1. The van der Waals surface area contributed by atoms with Gasteiger partial charge < -0.3 is 5.32 Å². The number of rotatable bonds is 3. The van der Waals surface area contributed by atoms with E-state index < -0.39 is 0 Å². The van der Waals surface area contributed by atoms with Gasteiger partial charge in [-0.1, -0.05) is 53.5 Å². The second kappa shape index (κ2) is 5.47. The third kappa shape index (κ3) is 2.82. The lowest BCUT2D eigenvalue weighted by Crippen LogP contribution is -2.14. The van der Waals surface area contributed by atoms with E-state index in [9.17, 15) is 4.79 Å². The lowest BCUT2D eigenvalue weighted by molar-refractivity contribution is -0.117. The molecule has 1 aliphatic rings. The molecule has 0 saturated heterocycles. The molecule has 0 aliphatic heterocycles. The summed E-state index contributed by atoms with van der Waals surface area (Å²) in [5.41, 5.74) is 1.83. The van der Waals surface area contributed by atoms with Crippen LogP contribution in [0.3, 0.4) is 0 Å². The minimum atomic E-state index is 0.0167. The summed E-state index contributed by atoms with van der Waals surface area (Å²) < 4.78 is 0. The molecule has 4 heteroatoms. The first-order valence-corrected chi connectivity index (χ1v) is 7.21. The van der Waals surface area contributed by atoms with Crippen molar-refractivity contribution in [1.82, 2.24) is 0 Å². The highest BCUT2D eigenvalue weighted by Gasteiger charge is 2.43. The van der Waals surface area contributed by atoms with Crippen LogP contribution in [0.2, 0.25) is 10.0 Å². The summed E-state index contributed by atoms with van der Waals surface area (Å²) in [4.78, 5) is 12.2. The van der Waals surface area contributed by atoms with Gasteiger partial charge in [-0.2, -0.15) is 0 Å². The molecule has 1 amide bonds. The summed E-state index contributed by atoms with van der Waals surface area (Å²) in [6.45, 7) is 0. The number of hydrogen-bond donors (Lipinski definition) is 1. The molecule has 2 nitrogen and oxygen atoms in total. The van der Waals surface area contributed by atoms with Gasteiger partial charge >= 0.3 is 0 Å². The fourth-order valence-corrected chi connectivity index (χ4v) is 2.83. The zero-order valence-electron chi connectivity index (χ0n) is 10.6. The van der Waals surface area contributed by atoms with Crippen molar-refractivity contribution >= 4 is 34.8 Å². The Morgan fingerprint density at radius 1 is 1.10 bits per heavy atom. The Kier molecular flexibility index (Phi) is 3.68. The minimum Gasteiger partial charge on any atom is -0.325 e. The summed E-state index contributed by atoms with van der Waals surface area (Å²) in [6.07, 6.45) is 0.890. The molecule has 1 aliphatic carbocycles. The maximum atomic E-state index is 12.2. The van der Waals surface area contributed by atoms with Crippen LogP contribution in [-0.4, -0.2) is 5.91 Å². The zero-order valence-corrected chi connectivity index (χ0v) is 12.2. The second-order valence-corrected chi connectivity index (χ2v) is 5.82. The molecule has 1 N–H and O–H groups in total. The molecule has 0 bridgehead atoms. The predicted molar refractivity (Wildman–Crippen MR) is 82.4 cm³/mol. The van der Waals surface area contributed by atoms with Crippen LogP contribution in [0.1, 0.15) is 17.9 Å². The lowest BCUT2D eigenvalue weighted by atomic mass is 10.1. The van der Waals surface area contributed by atoms with E-state index >= 15 is 0 Å². The van der Waals surface area contributed by atoms with E-state index in [2.05, 4.69) is 17.4 Å². The summed E-state index contributed by atoms with van der Waals surface area (Å²) in [6, 6.07) is 15.2. The Hall–Kier alpha value is -1.51. The van der Waals surface area contributed by atoms with Crippen molar-refractivity contribution < 1.29 is 4.79 Å². The van der Waals surface area contributed by atoms with Crippen LogP contribution in [0.15, 0.2) is 48.5 Å². The third-order valence-corrected chi connectivity index (χ3v) is 4.09. The van der Waals surface area contributed by atoms with E-state index in [4.69, 9.17) is 23.2 Å². The largest absolute Gasteiger partial charge is 0.325 e. The molecule has 0 radical (unpaired) electrons. The molecule has 0 spiro atoms. The molecule has 2 aromatic rings. The van der Waals surface area contributed by atoms with Crippen LogP contribution >= 0.6 is 23.2 Å². The predicted octanol–water partition coefficient (Wildman–Crippen LogP) is 4.74. The number of carbonyl (C=O) groups excluding carboxylic acids is 1. The van der Waals surface area contributed by atoms with Gasteiger partial charge in [-0.05, 0) is 36.1 Å². The topological polar surface area (TPSA) is 29.1 Å². The molecule has 0 heterocycles. The highest BCUT2D eigenvalue weighted by atomic mass is 35.5. The molecular weight excluding hydrogens is 293 g/mol. The smallest absolute Gasteiger partial charge is 0.228 e. The fraction of sp³-hybridized carbons (Fsp3) is 0.188. The third-order valence-electron chi connectivity index (χ3n) is 3.54. The van der Waals surface area contributed by atoms with Gasteiger partial charge in [0.25, 0.3) is 0 Å². The molecule has 102 valence electrons. The van der Waals surface area contributed by atoms with Crippen molar-refractivity contribution in [3.8, 4) is 0 Å². The number of amides is 1. The first kappa shape index (κ1) is 13.5. The van der Waals surface area contributed by atoms with Gasteiger partial charge in [-0.3, -0.25) is 4.79 Å². The van der Waals surface area contributed by atoms with Crippen molar-refractivity contribution in [1.29, 1.82) is 0 Å². The van der Waals surface area contributed by atoms with Gasteiger partial charge in [-0.25, -0.2) is 0 Å². The minimum absolute atomic E-state index is 0.0167. The Labute approximate surface area is 127 Å². The van der Waals surface area contributed by atoms with Crippen molar-refractivity contribution in [3.05, 3.63) is 64.1 Å². The van der Waals surface area contributed by atoms with Crippen molar-refractivity contribution in [2.24, 2.45) is 5.92 Å². The van der Waals surface area contributed by atoms with Crippen LogP contribution in [0.25, 0.3) is 0 Å². The molecule has 1 saturated carbocycles. The molecule has 0 aromatic heterocycles. The highest BCUT2D eigenvalue weighted by Crippen LogP contribution is 2.48. The highest BCUT2D eigenvalue weighted by molar-refractivity contribution is 6.36. The van der Waals surface area contributed by atoms with Crippen LogP contribution in [0.4, 0.5) is 5.69 Å². The Morgan fingerprint density at radius 3 is 2.55 bits per heavy atom. The molecule has 0 unspecified atom stereocenters.